The fraction of sp³-hybridized carbons (Fsp3) is 0.214. The van der Waals surface area contributed by atoms with Crippen LogP contribution in [0.4, 0.5) is 0 Å². The summed E-state index contributed by atoms with van der Waals surface area (Å²) in [5.74, 6) is -0.685. The van der Waals surface area contributed by atoms with Crippen LogP contribution in [0.1, 0.15) is 20.8 Å². The predicted octanol–water partition coefficient (Wildman–Crippen LogP) is 2.36. The van der Waals surface area contributed by atoms with Gasteiger partial charge in [0.1, 0.15) is 17.1 Å². The Bertz CT molecular complexity index is 615. The Morgan fingerprint density at radius 3 is 2.68 bits per heavy atom. The predicted molar refractivity (Wildman–Crippen MR) is 72.5 cm³/mol. The second-order valence-corrected chi connectivity index (χ2v) is 5.52. The number of fused-ring (bicyclic) bond motifs is 1. The van der Waals surface area contributed by atoms with Gasteiger partial charge in [0.2, 0.25) is 0 Å². The number of benzene rings is 1. The van der Waals surface area contributed by atoms with Crippen molar-refractivity contribution in [3.63, 3.8) is 0 Å². The molecule has 98 valence electrons. The topological polar surface area (TPSA) is 60.8 Å². The molecule has 0 bridgehead atoms. The van der Waals surface area contributed by atoms with E-state index < -0.39 is 0 Å². The van der Waals surface area contributed by atoms with Crippen molar-refractivity contribution < 1.29 is 15.0 Å². The maximum absolute atomic E-state index is 12.4. The molecule has 19 heavy (non-hydrogen) atoms. The Labute approximate surface area is 114 Å². The van der Waals surface area contributed by atoms with Crippen LogP contribution in [0.25, 0.3) is 0 Å². The highest BCUT2D eigenvalue weighted by Crippen LogP contribution is 2.30. The fourth-order valence-corrected chi connectivity index (χ4v) is 3.22. The van der Waals surface area contributed by atoms with Gasteiger partial charge in [-0.2, -0.15) is 0 Å². The molecule has 0 aliphatic carbocycles. The highest BCUT2D eigenvalue weighted by atomic mass is 32.1. The molecule has 2 heterocycles. The molecule has 0 radical (unpaired) electrons. The minimum Gasteiger partial charge on any atom is -0.507 e. The van der Waals surface area contributed by atoms with Crippen LogP contribution in [-0.2, 0) is 13.0 Å². The van der Waals surface area contributed by atoms with E-state index in [0.717, 1.165) is 12.0 Å². The number of nitrogens with zero attached hydrogens (tertiary/aromatic N) is 1. The molecule has 0 fully saturated rings. The minimum atomic E-state index is -0.326. The number of thiophene rings is 1. The van der Waals surface area contributed by atoms with Gasteiger partial charge >= 0.3 is 0 Å². The van der Waals surface area contributed by atoms with E-state index in [-0.39, 0.29) is 23.0 Å². The van der Waals surface area contributed by atoms with E-state index in [4.69, 9.17) is 0 Å². The molecule has 1 amide bonds. The van der Waals surface area contributed by atoms with Crippen molar-refractivity contribution >= 4 is 17.2 Å². The zero-order valence-electron chi connectivity index (χ0n) is 10.2. The Kier molecular flexibility index (Phi) is 2.91. The average Bonchev–Trinajstić information content (AvgIpc) is 2.85. The molecule has 0 atom stereocenters. The van der Waals surface area contributed by atoms with Gasteiger partial charge in [0.05, 0.1) is 0 Å². The zero-order valence-corrected chi connectivity index (χ0v) is 11.0. The van der Waals surface area contributed by atoms with Gasteiger partial charge in [-0.05, 0) is 35.6 Å². The number of hydrogen-bond donors (Lipinski definition) is 2. The van der Waals surface area contributed by atoms with E-state index in [1.54, 1.807) is 16.2 Å². The molecule has 3 rings (SSSR count). The minimum absolute atomic E-state index is 0.0128. The number of hydrogen-bond acceptors (Lipinski definition) is 4. The number of aromatic hydroxyl groups is 2. The van der Waals surface area contributed by atoms with Crippen molar-refractivity contribution in [1.29, 1.82) is 0 Å². The van der Waals surface area contributed by atoms with Gasteiger partial charge in [-0.3, -0.25) is 4.79 Å². The third-order valence-corrected chi connectivity index (χ3v) is 4.35. The van der Waals surface area contributed by atoms with Crippen molar-refractivity contribution in [2.24, 2.45) is 0 Å². The monoisotopic (exact) mass is 275 g/mol. The molecule has 2 N–H and O–H groups in total. The Hall–Kier alpha value is -2.01. The van der Waals surface area contributed by atoms with Gasteiger partial charge in [0.25, 0.3) is 5.91 Å². The van der Waals surface area contributed by atoms with Crippen LogP contribution < -0.4 is 0 Å². The van der Waals surface area contributed by atoms with E-state index in [0.29, 0.717) is 13.1 Å². The number of amides is 1. The molecule has 5 heteroatoms. The standard InChI is InChI=1S/C14H13NO3S/c16-10-2-1-3-11(17)13(10)14(18)15-6-4-12-9(8-15)5-7-19-12/h1-3,5,7,16-17H,4,6,8H2. The SMILES string of the molecule is O=C(c1c(O)cccc1O)N1CCc2sccc2C1. The maximum atomic E-state index is 12.4. The lowest BCUT2D eigenvalue weighted by Crippen LogP contribution is -2.35. The summed E-state index contributed by atoms with van der Waals surface area (Å²) in [6.45, 7) is 1.14. The van der Waals surface area contributed by atoms with E-state index in [2.05, 4.69) is 0 Å². The number of phenolic OH excluding ortho intramolecular Hbond substituents is 2. The van der Waals surface area contributed by atoms with E-state index in [1.165, 1.54) is 23.1 Å². The number of carbonyl (C=O) groups excluding carboxylic acids is 1. The highest BCUT2D eigenvalue weighted by Gasteiger charge is 2.26. The van der Waals surface area contributed by atoms with Crippen LogP contribution in [-0.4, -0.2) is 27.6 Å². The van der Waals surface area contributed by atoms with Crippen LogP contribution in [0.3, 0.4) is 0 Å². The normalized spacial score (nSPS) is 14.2. The van der Waals surface area contributed by atoms with Gasteiger partial charge in [-0.15, -0.1) is 11.3 Å². The third-order valence-electron chi connectivity index (χ3n) is 3.33. The largest absolute Gasteiger partial charge is 0.507 e. The fourth-order valence-electron chi connectivity index (χ4n) is 2.33. The number of carbonyl (C=O) groups is 1. The summed E-state index contributed by atoms with van der Waals surface area (Å²) in [6, 6.07) is 6.35. The molecule has 1 aromatic carbocycles. The molecule has 4 nitrogen and oxygen atoms in total. The lowest BCUT2D eigenvalue weighted by atomic mass is 10.1. The Morgan fingerprint density at radius 2 is 1.95 bits per heavy atom. The highest BCUT2D eigenvalue weighted by molar-refractivity contribution is 7.10. The van der Waals surface area contributed by atoms with E-state index >= 15 is 0 Å². The molecule has 0 spiro atoms. The van der Waals surface area contributed by atoms with Gasteiger partial charge in [0.15, 0.2) is 0 Å². The van der Waals surface area contributed by atoms with Crippen molar-refractivity contribution in [2.45, 2.75) is 13.0 Å². The second kappa shape index (κ2) is 4.59. The molecule has 0 saturated heterocycles. The first-order valence-electron chi connectivity index (χ1n) is 6.02. The molecule has 0 unspecified atom stereocenters. The Morgan fingerprint density at radius 1 is 1.21 bits per heavy atom. The first-order chi connectivity index (χ1) is 9.16. The third kappa shape index (κ3) is 2.06. The van der Waals surface area contributed by atoms with Crippen molar-refractivity contribution in [3.8, 4) is 11.5 Å². The summed E-state index contributed by atoms with van der Waals surface area (Å²) >= 11 is 1.70. The van der Waals surface area contributed by atoms with Gasteiger partial charge in [-0.1, -0.05) is 6.07 Å². The summed E-state index contributed by atoms with van der Waals surface area (Å²) in [4.78, 5) is 15.3. The summed E-state index contributed by atoms with van der Waals surface area (Å²) in [7, 11) is 0. The van der Waals surface area contributed by atoms with Crippen molar-refractivity contribution in [1.82, 2.24) is 4.90 Å². The quantitative estimate of drug-likeness (QED) is 0.840. The lowest BCUT2D eigenvalue weighted by Gasteiger charge is -2.27. The summed E-state index contributed by atoms with van der Waals surface area (Å²) in [5, 5.41) is 21.5. The molecular formula is C14H13NO3S. The van der Waals surface area contributed by atoms with Crippen LogP contribution in [0.5, 0.6) is 11.5 Å². The van der Waals surface area contributed by atoms with Gasteiger partial charge in [0, 0.05) is 18.0 Å². The van der Waals surface area contributed by atoms with Crippen molar-refractivity contribution in [3.05, 3.63) is 45.6 Å². The molecule has 1 aromatic heterocycles. The van der Waals surface area contributed by atoms with Crippen LogP contribution in [0.2, 0.25) is 0 Å². The molecule has 1 aliphatic heterocycles. The smallest absolute Gasteiger partial charge is 0.261 e. The lowest BCUT2D eigenvalue weighted by molar-refractivity contribution is 0.0729. The van der Waals surface area contributed by atoms with Crippen LogP contribution in [0, 0.1) is 0 Å². The number of rotatable bonds is 1. The summed E-state index contributed by atoms with van der Waals surface area (Å²) in [5.41, 5.74) is 1.14. The molecule has 2 aromatic rings. The van der Waals surface area contributed by atoms with E-state index in [1.807, 2.05) is 11.4 Å². The van der Waals surface area contributed by atoms with Gasteiger partial charge < -0.3 is 15.1 Å². The molecular weight excluding hydrogens is 262 g/mol. The van der Waals surface area contributed by atoms with Crippen LogP contribution >= 0.6 is 11.3 Å². The second-order valence-electron chi connectivity index (χ2n) is 4.52. The van der Waals surface area contributed by atoms with Crippen LogP contribution in [0.15, 0.2) is 29.6 Å². The van der Waals surface area contributed by atoms with Crippen molar-refractivity contribution in [2.75, 3.05) is 6.54 Å². The summed E-state index contributed by atoms with van der Waals surface area (Å²) < 4.78 is 0. The Balaban J connectivity index is 1.90. The molecule has 1 aliphatic rings. The summed E-state index contributed by atoms with van der Waals surface area (Å²) in [6.07, 6.45) is 0.826. The zero-order chi connectivity index (χ0) is 13.4. The number of phenols is 2. The average molecular weight is 275 g/mol. The first kappa shape index (κ1) is 12.0. The molecule has 0 saturated carbocycles. The van der Waals surface area contributed by atoms with Gasteiger partial charge in [-0.25, -0.2) is 0 Å². The maximum Gasteiger partial charge on any atom is 0.261 e. The van der Waals surface area contributed by atoms with E-state index in [9.17, 15) is 15.0 Å². The first-order valence-corrected chi connectivity index (χ1v) is 6.90.